The molecule has 1 unspecified atom stereocenters. The lowest BCUT2D eigenvalue weighted by atomic mass is 9.86. The standard InChI is InChI=1S/C12H22O4/c1-11(2,3)16-10(14)12(4,5)7-9(8-13)15-6/h8-9H,7H2,1-6H3. The van der Waals surface area contributed by atoms with E-state index in [2.05, 4.69) is 0 Å². The number of carbonyl (C=O) groups excluding carboxylic acids is 2. The molecular weight excluding hydrogens is 208 g/mol. The van der Waals surface area contributed by atoms with Gasteiger partial charge in [-0.15, -0.1) is 0 Å². The van der Waals surface area contributed by atoms with Crippen molar-refractivity contribution < 1.29 is 19.1 Å². The summed E-state index contributed by atoms with van der Waals surface area (Å²) in [6, 6.07) is 0. The SMILES string of the molecule is COC(C=O)CC(C)(C)C(=O)OC(C)(C)C. The molecule has 0 saturated heterocycles. The normalized spacial score (nSPS) is 14.4. The van der Waals surface area contributed by atoms with Crippen molar-refractivity contribution in [2.45, 2.75) is 52.7 Å². The summed E-state index contributed by atoms with van der Waals surface area (Å²) in [6.07, 6.45) is 0.455. The zero-order valence-electron chi connectivity index (χ0n) is 11.0. The fourth-order valence-electron chi connectivity index (χ4n) is 1.19. The molecule has 16 heavy (non-hydrogen) atoms. The largest absolute Gasteiger partial charge is 0.460 e. The zero-order chi connectivity index (χ0) is 13.0. The Balaban J connectivity index is 4.53. The van der Waals surface area contributed by atoms with Crippen LogP contribution in [0, 0.1) is 5.41 Å². The van der Waals surface area contributed by atoms with E-state index in [0.29, 0.717) is 12.7 Å². The van der Waals surface area contributed by atoms with Crippen molar-refractivity contribution >= 4 is 12.3 Å². The quantitative estimate of drug-likeness (QED) is 0.535. The Bertz CT molecular complexity index is 250. The summed E-state index contributed by atoms with van der Waals surface area (Å²) in [5, 5.41) is 0. The Morgan fingerprint density at radius 1 is 1.25 bits per heavy atom. The molecule has 0 heterocycles. The van der Waals surface area contributed by atoms with Crippen molar-refractivity contribution in [1.29, 1.82) is 0 Å². The molecule has 0 aliphatic carbocycles. The topological polar surface area (TPSA) is 52.6 Å². The molecule has 0 aromatic carbocycles. The third kappa shape index (κ3) is 5.26. The van der Waals surface area contributed by atoms with Crippen molar-refractivity contribution in [3.05, 3.63) is 0 Å². The summed E-state index contributed by atoms with van der Waals surface area (Å²) in [5.41, 5.74) is -1.24. The number of carbonyl (C=O) groups is 2. The minimum Gasteiger partial charge on any atom is -0.460 e. The molecule has 0 bridgehead atoms. The number of methoxy groups -OCH3 is 1. The second kappa shape index (κ2) is 5.43. The monoisotopic (exact) mass is 230 g/mol. The van der Waals surface area contributed by atoms with Crippen LogP contribution in [-0.4, -0.2) is 31.1 Å². The second-order valence-corrected chi connectivity index (χ2v) is 5.50. The number of esters is 1. The van der Waals surface area contributed by atoms with E-state index in [0.717, 1.165) is 0 Å². The molecule has 4 nitrogen and oxygen atoms in total. The average Bonchev–Trinajstić information content (AvgIpc) is 2.11. The van der Waals surface area contributed by atoms with Crippen LogP contribution in [0.4, 0.5) is 0 Å². The molecule has 1 atom stereocenters. The maximum absolute atomic E-state index is 11.9. The number of hydrogen-bond acceptors (Lipinski definition) is 4. The molecule has 0 N–H and O–H groups in total. The molecule has 0 amide bonds. The van der Waals surface area contributed by atoms with E-state index in [1.807, 2.05) is 20.8 Å². The van der Waals surface area contributed by atoms with Gasteiger partial charge in [0.2, 0.25) is 0 Å². The van der Waals surface area contributed by atoms with Crippen molar-refractivity contribution in [3.8, 4) is 0 Å². The molecule has 0 aliphatic heterocycles. The van der Waals surface area contributed by atoms with E-state index in [-0.39, 0.29) is 5.97 Å². The Hall–Kier alpha value is -0.900. The Morgan fingerprint density at radius 3 is 2.06 bits per heavy atom. The van der Waals surface area contributed by atoms with Crippen LogP contribution in [0.3, 0.4) is 0 Å². The third-order valence-electron chi connectivity index (χ3n) is 2.12. The van der Waals surface area contributed by atoms with Crippen LogP contribution in [0.2, 0.25) is 0 Å². The maximum atomic E-state index is 11.9. The zero-order valence-corrected chi connectivity index (χ0v) is 11.0. The fraction of sp³-hybridized carbons (Fsp3) is 0.833. The van der Waals surface area contributed by atoms with Gasteiger partial charge in [-0.1, -0.05) is 0 Å². The molecular formula is C12H22O4. The molecule has 0 rings (SSSR count). The molecule has 0 radical (unpaired) electrons. The van der Waals surface area contributed by atoms with Crippen LogP contribution in [0.5, 0.6) is 0 Å². The predicted octanol–water partition coefficient (Wildman–Crippen LogP) is 1.96. The highest BCUT2D eigenvalue weighted by Crippen LogP contribution is 2.27. The number of rotatable bonds is 5. The first-order valence-corrected chi connectivity index (χ1v) is 5.34. The first kappa shape index (κ1) is 15.1. The maximum Gasteiger partial charge on any atom is 0.312 e. The summed E-state index contributed by atoms with van der Waals surface area (Å²) >= 11 is 0. The van der Waals surface area contributed by atoms with Crippen LogP contribution in [0.25, 0.3) is 0 Å². The van der Waals surface area contributed by atoms with Gasteiger partial charge in [-0.05, 0) is 41.0 Å². The van der Waals surface area contributed by atoms with E-state index in [4.69, 9.17) is 9.47 Å². The lowest BCUT2D eigenvalue weighted by molar-refractivity contribution is -0.167. The van der Waals surface area contributed by atoms with Gasteiger partial charge in [0, 0.05) is 7.11 Å². The average molecular weight is 230 g/mol. The fourth-order valence-corrected chi connectivity index (χ4v) is 1.19. The van der Waals surface area contributed by atoms with Gasteiger partial charge in [0.05, 0.1) is 5.41 Å². The summed E-state index contributed by atoms with van der Waals surface area (Å²) < 4.78 is 10.2. The Labute approximate surface area is 97.3 Å². The molecule has 0 aromatic heterocycles. The van der Waals surface area contributed by atoms with E-state index in [1.54, 1.807) is 13.8 Å². The van der Waals surface area contributed by atoms with Gasteiger partial charge in [-0.3, -0.25) is 4.79 Å². The van der Waals surface area contributed by atoms with E-state index in [9.17, 15) is 9.59 Å². The minimum atomic E-state index is -0.727. The molecule has 0 spiro atoms. The number of hydrogen-bond donors (Lipinski definition) is 0. The van der Waals surface area contributed by atoms with E-state index < -0.39 is 17.1 Å². The highest BCUT2D eigenvalue weighted by atomic mass is 16.6. The predicted molar refractivity (Wildman–Crippen MR) is 61.1 cm³/mol. The molecule has 4 heteroatoms. The van der Waals surface area contributed by atoms with Crippen molar-refractivity contribution in [2.75, 3.05) is 7.11 Å². The van der Waals surface area contributed by atoms with Gasteiger partial charge in [0.1, 0.15) is 18.0 Å². The summed E-state index contributed by atoms with van der Waals surface area (Å²) in [7, 11) is 1.45. The van der Waals surface area contributed by atoms with E-state index >= 15 is 0 Å². The lowest BCUT2D eigenvalue weighted by Crippen LogP contribution is -2.36. The van der Waals surface area contributed by atoms with Gasteiger partial charge in [-0.25, -0.2) is 0 Å². The summed E-state index contributed by atoms with van der Waals surface area (Å²) in [4.78, 5) is 22.5. The van der Waals surface area contributed by atoms with Gasteiger partial charge in [0.15, 0.2) is 0 Å². The van der Waals surface area contributed by atoms with Crippen molar-refractivity contribution in [3.63, 3.8) is 0 Å². The van der Waals surface area contributed by atoms with Gasteiger partial charge in [0.25, 0.3) is 0 Å². The Kier molecular flexibility index (Phi) is 5.13. The smallest absolute Gasteiger partial charge is 0.312 e. The molecule has 0 saturated carbocycles. The van der Waals surface area contributed by atoms with Crippen LogP contribution in [0.15, 0.2) is 0 Å². The van der Waals surface area contributed by atoms with E-state index in [1.165, 1.54) is 7.11 Å². The lowest BCUT2D eigenvalue weighted by Gasteiger charge is -2.29. The third-order valence-corrected chi connectivity index (χ3v) is 2.12. The summed E-state index contributed by atoms with van der Waals surface area (Å²) in [5.74, 6) is -0.316. The second-order valence-electron chi connectivity index (χ2n) is 5.50. The summed E-state index contributed by atoms with van der Waals surface area (Å²) in [6.45, 7) is 8.94. The minimum absolute atomic E-state index is 0.316. The highest BCUT2D eigenvalue weighted by Gasteiger charge is 2.34. The van der Waals surface area contributed by atoms with Crippen molar-refractivity contribution in [2.24, 2.45) is 5.41 Å². The van der Waals surface area contributed by atoms with Gasteiger partial charge in [-0.2, -0.15) is 0 Å². The number of aldehydes is 1. The van der Waals surface area contributed by atoms with Crippen LogP contribution < -0.4 is 0 Å². The van der Waals surface area contributed by atoms with Crippen LogP contribution in [-0.2, 0) is 19.1 Å². The molecule has 0 fully saturated rings. The van der Waals surface area contributed by atoms with Gasteiger partial charge >= 0.3 is 5.97 Å². The first-order chi connectivity index (χ1) is 7.12. The number of ether oxygens (including phenoxy) is 2. The van der Waals surface area contributed by atoms with Crippen LogP contribution in [0.1, 0.15) is 41.0 Å². The molecule has 94 valence electrons. The van der Waals surface area contributed by atoms with Gasteiger partial charge < -0.3 is 14.3 Å². The molecule has 0 aromatic rings. The first-order valence-electron chi connectivity index (χ1n) is 5.34. The highest BCUT2D eigenvalue weighted by molar-refractivity contribution is 5.77. The van der Waals surface area contributed by atoms with Crippen molar-refractivity contribution in [1.82, 2.24) is 0 Å². The molecule has 0 aliphatic rings. The Morgan fingerprint density at radius 2 is 1.75 bits per heavy atom. The van der Waals surface area contributed by atoms with Crippen LogP contribution >= 0.6 is 0 Å².